The van der Waals surface area contributed by atoms with Crippen LogP contribution in [0.4, 0.5) is 5.69 Å². The van der Waals surface area contributed by atoms with Crippen LogP contribution in [-0.4, -0.2) is 337 Å². The molecule has 0 radical (unpaired) electrons. The zero-order valence-electron chi connectivity index (χ0n) is 50.7. The first-order chi connectivity index (χ1) is 44.8. The number of ether oxygens (including phenoxy) is 13. The van der Waals surface area contributed by atoms with Crippen molar-refractivity contribution in [3.63, 3.8) is 0 Å². The van der Waals surface area contributed by atoms with Crippen LogP contribution in [0.15, 0.2) is 24.3 Å². The number of amides is 3. The minimum absolute atomic E-state index is 0.0532. The Labute approximate surface area is 544 Å². The number of hydrogen-bond donors (Lipinski definition) is 15. The van der Waals surface area contributed by atoms with E-state index in [2.05, 4.69) is 20.9 Å². The van der Waals surface area contributed by atoms with Gasteiger partial charge >= 0.3 is 5.97 Å². The number of nitrogens with one attached hydrogen (secondary N) is 3. The molecule has 1 aromatic carbocycles. The van der Waals surface area contributed by atoms with Crippen LogP contribution in [0.25, 0.3) is 0 Å². The first-order valence-electron chi connectivity index (χ1n) is 30.1. The molecular weight excluding hydrogens is 1300 g/mol. The van der Waals surface area contributed by atoms with E-state index in [1.165, 1.54) is 0 Å². The van der Waals surface area contributed by atoms with Gasteiger partial charge in [0.15, 0.2) is 37.4 Å². The maximum Gasteiger partial charge on any atom is 0.305 e. The number of aliphatic hydroxyl groups is 12. The second kappa shape index (κ2) is 42.3. The number of anilines is 1. The Kier molecular flexibility index (Phi) is 36.0. The van der Waals surface area contributed by atoms with E-state index in [-0.39, 0.29) is 91.5 Å². The summed E-state index contributed by atoms with van der Waals surface area (Å²) >= 11 is 11.9. The Hall–Kier alpha value is -4.46. The summed E-state index contributed by atoms with van der Waals surface area (Å²) in [7, 11) is 0. The first-order valence-corrected chi connectivity index (χ1v) is 31.2. The summed E-state index contributed by atoms with van der Waals surface area (Å²) in [6.45, 7) is -3.83. The van der Waals surface area contributed by atoms with Gasteiger partial charge in [-0.25, -0.2) is 0 Å². The minimum Gasteiger partial charge on any atom is -0.466 e. The van der Waals surface area contributed by atoms with Crippen molar-refractivity contribution >= 4 is 65.5 Å². The van der Waals surface area contributed by atoms with E-state index < -0.39 is 185 Å². The highest BCUT2D eigenvalue weighted by molar-refractivity contribution is 6.18. The molecule has 0 saturated carbocycles. The molecule has 37 heteroatoms. The summed E-state index contributed by atoms with van der Waals surface area (Å²) in [6.07, 6.45) is -32.8. The number of hydrogen-bond acceptors (Lipinski definition) is 32. The number of benzene rings is 1. The molecule has 15 N–H and O–H groups in total. The number of alkyl halides is 2. The van der Waals surface area contributed by atoms with Crippen molar-refractivity contribution in [1.82, 2.24) is 16.0 Å². The van der Waals surface area contributed by atoms with Crippen LogP contribution in [0.1, 0.15) is 37.7 Å². The lowest BCUT2D eigenvalue weighted by atomic mass is 9.97. The van der Waals surface area contributed by atoms with Crippen LogP contribution in [0.2, 0.25) is 0 Å². The van der Waals surface area contributed by atoms with Gasteiger partial charge < -0.3 is 144 Å². The second-order valence-corrected chi connectivity index (χ2v) is 22.3. The van der Waals surface area contributed by atoms with Gasteiger partial charge in [0, 0.05) is 56.5 Å². The Balaban J connectivity index is 1.10. The summed E-state index contributed by atoms with van der Waals surface area (Å²) < 4.78 is 70.9. The third-order valence-corrected chi connectivity index (χ3v) is 15.5. The lowest BCUT2D eigenvalue weighted by Gasteiger charge is -2.46. The molecule has 4 heterocycles. The molecule has 35 nitrogen and oxygen atoms in total. The first kappa shape index (κ1) is 79.2. The minimum atomic E-state index is -1.88. The standard InChI is InChI=1S/C56H88Cl2N4O31/c57-10-14-62(15-11-58)31-8-6-30(7-9-31)3-1-5-39(71)83-16-2-4-37(69)61-32(52(80)60-13-18-82-20-22-85-56-51(45(77)41(73)34(25-64)91-56)93-54-47(79)49(87-29-68)43(75)36(27-66)89-54)23-38(70)59-12-17-81-19-21-84-55-50(44(76)40(72)33(24-63)90-55)92-53-46(78)48(86-28-67)42(74)35(26-65)88-53/h6-9,28-29,32-36,40-51,53-56,63-66,72-79H,1-5,10-27H2,(H,59,70)(H,60,80)(H,61,69)/t32?,33-,34-,35+,36+,40+,41+,42+,43+,44-,45-,46-,47-,48-,49-,50-,51-,53+,54+,55-,56-/m0/s1. The molecule has 4 aliphatic rings. The largest absolute Gasteiger partial charge is 0.466 e. The predicted octanol–water partition coefficient (Wildman–Crippen LogP) is -7.60. The number of nitrogens with zero attached hydrogens (tertiary/aromatic N) is 1. The number of esters is 1. The molecular formula is C56H88Cl2N4O31. The van der Waals surface area contributed by atoms with Gasteiger partial charge in [-0.3, -0.25) is 28.8 Å². The maximum atomic E-state index is 13.6. The van der Waals surface area contributed by atoms with Gasteiger partial charge in [-0.15, -0.1) is 23.2 Å². The highest BCUT2D eigenvalue weighted by Crippen LogP contribution is 2.33. The third-order valence-electron chi connectivity index (χ3n) is 15.1. The summed E-state index contributed by atoms with van der Waals surface area (Å²) in [5.41, 5.74) is 1.98. The van der Waals surface area contributed by atoms with E-state index in [0.717, 1.165) is 11.3 Å². The monoisotopic (exact) mass is 1380 g/mol. The number of carbonyl (C=O) groups is 6. The molecule has 5 rings (SSSR count). The molecule has 0 aromatic heterocycles. The van der Waals surface area contributed by atoms with E-state index in [9.17, 15) is 90.0 Å². The number of aryl methyl sites for hydroxylation is 1. The van der Waals surface area contributed by atoms with Crippen LogP contribution >= 0.6 is 23.2 Å². The van der Waals surface area contributed by atoms with Crippen LogP contribution in [-0.2, 0) is 96.8 Å². The van der Waals surface area contributed by atoms with Crippen molar-refractivity contribution in [2.45, 2.75) is 167 Å². The highest BCUT2D eigenvalue weighted by atomic mass is 35.5. The lowest BCUT2D eigenvalue weighted by molar-refractivity contribution is -0.367. The topological polar surface area (TPSA) is 505 Å². The van der Waals surface area contributed by atoms with Gasteiger partial charge in [0.2, 0.25) is 17.7 Å². The molecule has 1 unspecified atom stereocenters. The maximum absolute atomic E-state index is 13.6. The Morgan fingerprint density at radius 3 is 1.45 bits per heavy atom. The van der Waals surface area contributed by atoms with Gasteiger partial charge in [-0.2, -0.15) is 0 Å². The van der Waals surface area contributed by atoms with Crippen molar-refractivity contribution in [3.05, 3.63) is 29.8 Å². The van der Waals surface area contributed by atoms with Gasteiger partial charge in [-0.1, -0.05) is 12.1 Å². The highest BCUT2D eigenvalue weighted by Gasteiger charge is 2.54. The molecule has 93 heavy (non-hydrogen) atoms. The van der Waals surface area contributed by atoms with E-state index in [0.29, 0.717) is 37.7 Å². The smallest absolute Gasteiger partial charge is 0.305 e. The second-order valence-electron chi connectivity index (χ2n) is 21.6. The molecule has 4 saturated heterocycles. The van der Waals surface area contributed by atoms with Crippen LogP contribution in [0.3, 0.4) is 0 Å². The van der Waals surface area contributed by atoms with Gasteiger partial charge in [-0.05, 0) is 37.0 Å². The Morgan fingerprint density at radius 1 is 0.527 bits per heavy atom. The summed E-state index contributed by atoms with van der Waals surface area (Å²) in [5.74, 6) is -1.79. The summed E-state index contributed by atoms with van der Waals surface area (Å²) in [4.78, 5) is 76.9. The Morgan fingerprint density at radius 2 is 0.989 bits per heavy atom. The number of rotatable bonds is 43. The van der Waals surface area contributed by atoms with Gasteiger partial charge in [0.05, 0.1) is 79.1 Å². The van der Waals surface area contributed by atoms with Crippen molar-refractivity contribution < 1.29 is 152 Å². The van der Waals surface area contributed by atoms with E-state index >= 15 is 0 Å². The van der Waals surface area contributed by atoms with Crippen molar-refractivity contribution in [2.75, 3.05) is 116 Å². The van der Waals surface area contributed by atoms with Crippen molar-refractivity contribution in [2.24, 2.45) is 0 Å². The number of aliphatic hydroxyl groups excluding tert-OH is 12. The molecule has 21 atom stereocenters. The average Bonchev–Trinajstić information content (AvgIpc) is 0.820. The van der Waals surface area contributed by atoms with E-state index in [4.69, 9.17) is 84.8 Å². The number of halogens is 2. The normalized spacial score (nSPS) is 31.5. The van der Waals surface area contributed by atoms with Crippen LogP contribution in [0.5, 0.6) is 0 Å². The van der Waals surface area contributed by atoms with Gasteiger partial charge in [0.25, 0.3) is 12.9 Å². The summed E-state index contributed by atoms with van der Waals surface area (Å²) in [6, 6.07) is 6.39. The fourth-order valence-corrected chi connectivity index (χ4v) is 10.6. The quantitative estimate of drug-likeness (QED) is 0.00949. The van der Waals surface area contributed by atoms with Gasteiger partial charge in [0.1, 0.15) is 91.5 Å². The SMILES string of the molecule is O=CO[C@@H]1[C@H](O)[C@@H](O[C@@H]2[C@@H](OCCOCCNC(=O)CC(NC(=O)CCCOC(=O)CCCc3ccc(N(CCCl)CCCl)cc3)C(=O)NCCOCCO[C@H]3O[C@@H](CO)[C@@H](O)[C@H](O)[C@@H]3O[C@H]3O[C@H](CO)[C@@H](O)[C@H](OC=O)[C@@H]3O)O[C@@H](CO)[C@@H](O)[C@@H]2O)O[C@H](CO)[C@H]1O. The zero-order chi connectivity index (χ0) is 68.0. The molecule has 1 aromatic rings. The van der Waals surface area contributed by atoms with Crippen molar-refractivity contribution in [3.8, 4) is 0 Å². The van der Waals surface area contributed by atoms with Crippen LogP contribution < -0.4 is 20.9 Å². The Bertz CT molecular complexity index is 2350. The summed E-state index contributed by atoms with van der Waals surface area (Å²) in [5, 5.41) is 132. The van der Waals surface area contributed by atoms with E-state index in [1.807, 2.05) is 24.3 Å². The third kappa shape index (κ3) is 24.2. The average molecular weight is 1380 g/mol. The molecule has 0 bridgehead atoms. The zero-order valence-corrected chi connectivity index (χ0v) is 52.2. The van der Waals surface area contributed by atoms with Crippen molar-refractivity contribution in [1.29, 1.82) is 0 Å². The molecule has 0 spiro atoms. The molecule has 3 amide bonds. The number of carbonyl (C=O) groups excluding carboxylic acids is 6. The van der Waals surface area contributed by atoms with Crippen LogP contribution in [0, 0.1) is 0 Å². The molecule has 4 fully saturated rings. The lowest BCUT2D eigenvalue weighted by Crippen LogP contribution is -2.65. The van der Waals surface area contributed by atoms with E-state index in [1.54, 1.807) is 0 Å². The molecule has 0 aliphatic carbocycles. The molecule has 4 aliphatic heterocycles. The fourth-order valence-electron chi connectivity index (χ4n) is 10.2. The predicted molar refractivity (Wildman–Crippen MR) is 312 cm³/mol. The fraction of sp³-hybridized carbons (Fsp3) is 0.786. The molecule has 532 valence electrons.